The van der Waals surface area contributed by atoms with Crippen LogP contribution >= 0.6 is 0 Å². The lowest BCUT2D eigenvalue weighted by molar-refractivity contribution is 0.568. The molecule has 1 N–H and O–H groups in total. The van der Waals surface area contributed by atoms with Crippen LogP contribution in [0.5, 0.6) is 0 Å². The van der Waals surface area contributed by atoms with Crippen LogP contribution < -0.4 is 5.32 Å². The first-order valence-corrected chi connectivity index (χ1v) is 6.44. The summed E-state index contributed by atoms with van der Waals surface area (Å²) < 4.78 is 5.16. The summed E-state index contributed by atoms with van der Waals surface area (Å²) >= 11 is 0. The minimum Gasteiger partial charge on any atom is -0.423 e. The lowest BCUT2D eigenvalue weighted by Gasteiger charge is -2.13. The SMILES string of the molecule is CC1CCC(Nc2ccc(-c3nnco3)cc2)C1. The quantitative estimate of drug-likeness (QED) is 0.898. The van der Waals surface area contributed by atoms with Crippen molar-refractivity contribution in [2.45, 2.75) is 32.2 Å². The Balaban J connectivity index is 1.68. The molecule has 0 aliphatic heterocycles. The van der Waals surface area contributed by atoms with Crippen molar-refractivity contribution in [3.63, 3.8) is 0 Å². The summed E-state index contributed by atoms with van der Waals surface area (Å²) in [6, 6.07) is 8.78. The van der Waals surface area contributed by atoms with Crippen LogP contribution in [0.4, 0.5) is 5.69 Å². The van der Waals surface area contributed by atoms with E-state index in [-0.39, 0.29) is 0 Å². The van der Waals surface area contributed by atoms with E-state index in [1.807, 2.05) is 12.1 Å². The van der Waals surface area contributed by atoms with E-state index in [0.29, 0.717) is 11.9 Å². The summed E-state index contributed by atoms with van der Waals surface area (Å²) in [5.74, 6) is 1.41. The number of hydrogen-bond acceptors (Lipinski definition) is 4. The molecule has 1 aromatic heterocycles. The Kier molecular flexibility index (Phi) is 3.00. The third-order valence-corrected chi connectivity index (χ3v) is 3.56. The maximum Gasteiger partial charge on any atom is 0.247 e. The van der Waals surface area contributed by atoms with Crippen LogP contribution in [0.3, 0.4) is 0 Å². The molecule has 0 bridgehead atoms. The molecule has 1 aliphatic rings. The smallest absolute Gasteiger partial charge is 0.247 e. The van der Waals surface area contributed by atoms with Crippen LogP contribution in [0.2, 0.25) is 0 Å². The molecule has 18 heavy (non-hydrogen) atoms. The zero-order chi connectivity index (χ0) is 12.4. The number of nitrogens with one attached hydrogen (secondary N) is 1. The highest BCUT2D eigenvalue weighted by molar-refractivity contribution is 5.58. The highest BCUT2D eigenvalue weighted by Crippen LogP contribution is 2.28. The molecular weight excluding hydrogens is 226 g/mol. The van der Waals surface area contributed by atoms with Gasteiger partial charge in [-0.3, -0.25) is 0 Å². The fourth-order valence-corrected chi connectivity index (χ4v) is 2.58. The number of nitrogens with zero attached hydrogens (tertiary/aromatic N) is 2. The molecule has 3 rings (SSSR count). The van der Waals surface area contributed by atoms with Gasteiger partial charge in [-0.2, -0.15) is 0 Å². The van der Waals surface area contributed by atoms with Crippen LogP contribution in [0.15, 0.2) is 35.1 Å². The number of benzene rings is 1. The van der Waals surface area contributed by atoms with Crippen molar-refractivity contribution in [2.75, 3.05) is 5.32 Å². The largest absolute Gasteiger partial charge is 0.423 e. The van der Waals surface area contributed by atoms with Gasteiger partial charge in [0.15, 0.2) is 0 Å². The van der Waals surface area contributed by atoms with Crippen molar-refractivity contribution in [3.05, 3.63) is 30.7 Å². The maximum absolute atomic E-state index is 5.16. The molecule has 1 heterocycles. The summed E-state index contributed by atoms with van der Waals surface area (Å²) in [5, 5.41) is 11.1. The van der Waals surface area contributed by atoms with E-state index in [9.17, 15) is 0 Å². The average molecular weight is 243 g/mol. The average Bonchev–Trinajstić information content (AvgIpc) is 3.02. The summed E-state index contributed by atoms with van der Waals surface area (Å²) in [7, 11) is 0. The highest BCUT2D eigenvalue weighted by atomic mass is 16.4. The Morgan fingerprint density at radius 1 is 1.22 bits per heavy atom. The van der Waals surface area contributed by atoms with Crippen molar-refractivity contribution < 1.29 is 4.42 Å². The molecule has 2 aromatic rings. The minimum absolute atomic E-state index is 0.566. The Labute approximate surface area is 106 Å². The molecule has 1 saturated carbocycles. The Morgan fingerprint density at radius 3 is 2.67 bits per heavy atom. The van der Waals surface area contributed by atoms with Gasteiger partial charge in [0.2, 0.25) is 12.3 Å². The van der Waals surface area contributed by atoms with Gasteiger partial charge in [-0.15, -0.1) is 10.2 Å². The first-order chi connectivity index (χ1) is 8.81. The van der Waals surface area contributed by atoms with E-state index in [4.69, 9.17) is 4.42 Å². The van der Waals surface area contributed by atoms with Crippen molar-refractivity contribution in [3.8, 4) is 11.5 Å². The van der Waals surface area contributed by atoms with E-state index in [1.54, 1.807) is 0 Å². The second-order valence-corrected chi connectivity index (χ2v) is 5.08. The molecule has 1 aliphatic carbocycles. The van der Waals surface area contributed by atoms with Gasteiger partial charge < -0.3 is 9.73 Å². The Morgan fingerprint density at radius 2 is 2.06 bits per heavy atom. The predicted octanol–water partition coefficient (Wildman–Crippen LogP) is 3.34. The van der Waals surface area contributed by atoms with Crippen LogP contribution in [0.25, 0.3) is 11.5 Å². The van der Waals surface area contributed by atoms with Gasteiger partial charge in [-0.25, -0.2) is 0 Å². The van der Waals surface area contributed by atoms with Crippen molar-refractivity contribution in [1.82, 2.24) is 10.2 Å². The van der Waals surface area contributed by atoms with Gasteiger partial charge in [0.05, 0.1) is 0 Å². The Hall–Kier alpha value is -1.84. The molecule has 0 amide bonds. The number of aromatic nitrogens is 2. The number of rotatable bonds is 3. The molecule has 0 saturated heterocycles. The standard InChI is InChI=1S/C14H17N3O/c1-10-2-5-13(8-10)16-12-6-3-11(4-7-12)14-17-15-9-18-14/h3-4,6-7,9-10,13,16H,2,5,8H2,1H3. The zero-order valence-corrected chi connectivity index (χ0v) is 10.5. The first-order valence-electron chi connectivity index (χ1n) is 6.44. The Bertz CT molecular complexity index is 492. The molecule has 1 aromatic carbocycles. The van der Waals surface area contributed by atoms with Gasteiger partial charge in [0.1, 0.15) is 0 Å². The van der Waals surface area contributed by atoms with Crippen LogP contribution in [-0.4, -0.2) is 16.2 Å². The first kappa shape index (κ1) is 11.3. The summed E-state index contributed by atoms with van der Waals surface area (Å²) in [6.45, 7) is 2.32. The minimum atomic E-state index is 0.566. The summed E-state index contributed by atoms with van der Waals surface area (Å²) in [5.41, 5.74) is 2.12. The van der Waals surface area contributed by atoms with Gasteiger partial charge in [0.25, 0.3) is 0 Å². The van der Waals surface area contributed by atoms with Gasteiger partial charge in [0, 0.05) is 17.3 Å². The van der Waals surface area contributed by atoms with E-state index in [0.717, 1.165) is 17.2 Å². The third-order valence-electron chi connectivity index (χ3n) is 3.56. The lowest BCUT2D eigenvalue weighted by Crippen LogP contribution is -2.14. The van der Waals surface area contributed by atoms with Crippen LogP contribution in [0.1, 0.15) is 26.2 Å². The maximum atomic E-state index is 5.16. The summed E-state index contributed by atoms with van der Waals surface area (Å²) in [4.78, 5) is 0. The monoisotopic (exact) mass is 243 g/mol. The molecule has 1 fully saturated rings. The zero-order valence-electron chi connectivity index (χ0n) is 10.5. The molecule has 2 atom stereocenters. The number of hydrogen-bond donors (Lipinski definition) is 1. The predicted molar refractivity (Wildman–Crippen MR) is 70.2 cm³/mol. The van der Waals surface area contributed by atoms with E-state index < -0.39 is 0 Å². The molecule has 0 radical (unpaired) electrons. The second-order valence-electron chi connectivity index (χ2n) is 5.08. The summed E-state index contributed by atoms with van der Waals surface area (Å²) in [6.07, 6.45) is 5.22. The van der Waals surface area contributed by atoms with Gasteiger partial charge in [-0.05, 0) is 49.4 Å². The van der Waals surface area contributed by atoms with Gasteiger partial charge in [-0.1, -0.05) is 6.92 Å². The fraction of sp³-hybridized carbons (Fsp3) is 0.429. The van der Waals surface area contributed by atoms with E-state index >= 15 is 0 Å². The van der Waals surface area contributed by atoms with Crippen molar-refractivity contribution in [1.29, 1.82) is 0 Å². The molecule has 4 heteroatoms. The van der Waals surface area contributed by atoms with Crippen molar-refractivity contribution in [2.24, 2.45) is 5.92 Å². The van der Waals surface area contributed by atoms with E-state index in [2.05, 4.69) is 34.6 Å². The molecule has 94 valence electrons. The van der Waals surface area contributed by atoms with E-state index in [1.165, 1.54) is 25.7 Å². The molecular formula is C14H17N3O. The van der Waals surface area contributed by atoms with Crippen LogP contribution in [0, 0.1) is 5.92 Å². The highest BCUT2D eigenvalue weighted by Gasteiger charge is 2.20. The topological polar surface area (TPSA) is 51.0 Å². The third kappa shape index (κ3) is 2.37. The van der Waals surface area contributed by atoms with Crippen molar-refractivity contribution >= 4 is 5.69 Å². The molecule has 2 unspecified atom stereocenters. The van der Waals surface area contributed by atoms with Gasteiger partial charge >= 0.3 is 0 Å². The fourth-order valence-electron chi connectivity index (χ4n) is 2.58. The normalized spacial score (nSPS) is 23.2. The number of anilines is 1. The second kappa shape index (κ2) is 4.80. The van der Waals surface area contributed by atoms with Crippen LogP contribution in [-0.2, 0) is 0 Å². The lowest BCUT2D eigenvalue weighted by atomic mass is 10.1. The molecule has 0 spiro atoms. The molecule has 4 nitrogen and oxygen atoms in total.